The molecule has 2 aromatic carbocycles. The van der Waals surface area contributed by atoms with Crippen LogP contribution in [0.3, 0.4) is 0 Å². The van der Waals surface area contributed by atoms with Crippen LogP contribution in [0.4, 0.5) is 13.6 Å². The van der Waals surface area contributed by atoms with Crippen LogP contribution in [0.15, 0.2) is 48.5 Å². The first kappa shape index (κ1) is 25.1. The monoisotopic (exact) mass is 474 g/mol. The van der Waals surface area contributed by atoms with Crippen molar-refractivity contribution < 1.29 is 33.0 Å². The van der Waals surface area contributed by atoms with Crippen molar-refractivity contribution in [1.82, 2.24) is 10.6 Å². The molecule has 9 heteroatoms. The van der Waals surface area contributed by atoms with Gasteiger partial charge in [-0.2, -0.15) is 8.78 Å². The van der Waals surface area contributed by atoms with Crippen molar-refractivity contribution >= 4 is 18.0 Å². The molecule has 0 saturated carbocycles. The van der Waals surface area contributed by atoms with E-state index in [1.165, 1.54) is 0 Å². The van der Waals surface area contributed by atoms with E-state index in [2.05, 4.69) is 0 Å². The maximum atomic E-state index is 14.3. The molecular weight excluding hydrogens is 446 g/mol. The Balaban J connectivity index is 1.56. The first-order valence-corrected chi connectivity index (χ1v) is 10.9. The van der Waals surface area contributed by atoms with Crippen LogP contribution in [0, 0.1) is 5.41 Å². The summed E-state index contributed by atoms with van der Waals surface area (Å²) in [6.07, 6.45) is -1.14. The Hall–Kier alpha value is -3.49. The van der Waals surface area contributed by atoms with Crippen LogP contribution in [0.25, 0.3) is 11.1 Å². The largest absolute Gasteiger partial charge is 0.480 e. The molecule has 1 aliphatic carbocycles. The molecule has 34 heavy (non-hydrogen) atoms. The predicted molar refractivity (Wildman–Crippen MR) is 122 cm³/mol. The number of carbonyl (C=O) groups excluding carboxylic acids is 2. The average Bonchev–Trinajstić information content (AvgIpc) is 3.08. The van der Waals surface area contributed by atoms with Gasteiger partial charge >= 0.3 is 18.0 Å². The summed E-state index contributed by atoms with van der Waals surface area (Å²) in [6.45, 7) is 3.80. The number of aliphatic carboxylic acids is 1. The molecule has 182 valence electrons. The summed E-state index contributed by atoms with van der Waals surface area (Å²) in [4.78, 5) is 35.5. The van der Waals surface area contributed by atoms with Gasteiger partial charge < -0.3 is 20.5 Å². The zero-order chi connectivity index (χ0) is 25.1. The minimum atomic E-state index is -4.02. The minimum Gasteiger partial charge on any atom is -0.480 e. The van der Waals surface area contributed by atoms with Crippen molar-refractivity contribution in [3.63, 3.8) is 0 Å². The first-order valence-electron chi connectivity index (χ1n) is 10.9. The SMILES string of the molecule is CC(C)(C)CC(NC(=O)C(F)(F)CNC(=O)OCC1c2ccccc2-c2ccccc21)C(=O)O. The highest BCUT2D eigenvalue weighted by atomic mass is 19.3. The summed E-state index contributed by atoms with van der Waals surface area (Å²) in [5.41, 5.74) is 3.49. The van der Waals surface area contributed by atoms with Gasteiger partial charge in [-0.05, 0) is 34.1 Å². The van der Waals surface area contributed by atoms with Crippen molar-refractivity contribution in [3.8, 4) is 11.1 Å². The number of fused-ring (bicyclic) bond motifs is 3. The van der Waals surface area contributed by atoms with Gasteiger partial charge in [0.25, 0.3) is 5.91 Å². The fourth-order valence-corrected chi connectivity index (χ4v) is 3.99. The van der Waals surface area contributed by atoms with Gasteiger partial charge in [-0.3, -0.25) is 4.79 Å². The van der Waals surface area contributed by atoms with Crippen LogP contribution in [-0.4, -0.2) is 48.2 Å². The van der Waals surface area contributed by atoms with E-state index in [0.717, 1.165) is 22.3 Å². The number of ether oxygens (including phenoxy) is 1. The van der Waals surface area contributed by atoms with Crippen LogP contribution >= 0.6 is 0 Å². The zero-order valence-electron chi connectivity index (χ0n) is 19.2. The fourth-order valence-electron chi connectivity index (χ4n) is 3.99. The van der Waals surface area contributed by atoms with Gasteiger partial charge in [-0.1, -0.05) is 69.3 Å². The standard InChI is InChI=1S/C25H28F2N2O5/c1-24(2,3)12-20(21(30)31)29-22(32)25(26,27)14-28-23(33)34-13-19-17-10-6-4-8-15(17)16-9-5-7-11-18(16)19/h4-11,19-20H,12-14H2,1-3H3,(H,28,33)(H,29,32)(H,30,31). The topological polar surface area (TPSA) is 105 Å². The number of amides is 2. The molecule has 0 aromatic heterocycles. The van der Waals surface area contributed by atoms with E-state index in [-0.39, 0.29) is 18.9 Å². The number of halogens is 2. The molecule has 0 saturated heterocycles. The maximum Gasteiger partial charge on any atom is 0.407 e. The van der Waals surface area contributed by atoms with Crippen molar-refractivity contribution in [2.45, 2.75) is 45.1 Å². The summed E-state index contributed by atoms with van der Waals surface area (Å²) in [7, 11) is 0. The van der Waals surface area contributed by atoms with Crippen LogP contribution < -0.4 is 10.6 Å². The summed E-state index contributed by atoms with van der Waals surface area (Å²) in [5.74, 6) is -7.45. The van der Waals surface area contributed by atoms with Crippen molar-refractivity contribution in [1.29, 1.82) is 0 Å². The second-order valence-electron chi connectivity index (χ2n) is 9.51. The van der Waals surface area contributed by atoms with Crippen LogP contribution in [0.2, 0.25) is 0 Å². The quantitative estimate of drug-likeness (QED) is 0.533. The summed E-state index contributed by atoms with van der Waals surface area (Å²) in [5, 5.41) is 13.0. The van der Waals surface area contributed by atoms with Gasteiger partial charge in [0.2, 0.25) is 0 Å². The molecule has 0 radical (unpaired) electrons. The normalized spacial score (nSPS) is 14.0. The van der Waals surface area contributed by atoms with Crippen LogP contribution in [-0.2, 0) is 14.3 Å². The Bertz CT molecular complexity index is 1040. The average molecular weight is 475 g/mol. The number of nitrogens with one attached hydrogen (secondary N) is 2. The summed E-state index contributed by atoms with van der Waals surface area (Å²) >= 11 is 0. The Morgan fingerprint density at radius 2 is 1.53 bits per heavy atom. The highest BCUT2D eigenvalue weighted by Gasteiger charge is 2.42. The van der Waals surface area contributed by atoms with E-state index in [4.69, 9.17) is 4.74 Å². The van der Waals surface area contributed by atoms with Crippen molar-refractivity contribution in [2.24, 2.45) is 5.41 Å². The second-order valence-corrected chi connectivity index (χ2v) is 9.51. The van der Waals surface area contributed by atoms with Crippen molar-refractivity contribution in [3.05, 3.63) is 59.7 Å². The molecule has 0 spiro atoms. The molecule has 1 aliphatic rings. The molecule has 0 fully saturated rings. The lowest BCUT2D eigenvalue weighted by Crippen LogP contribution is -2.53. The highest BCUT2D eigenvalue weighted by Crippen LogP contribution is 2.44. The number of hydrogen-bond acceptors (Lipinski definition) is 4. The van der Waals surface area contributed by atoms with Crippen LogP contribution in [0.1, 0.15) is 44.2 Å². The highest BCUT2D eigenvalue weighted by molar-refractivity contribution is 5.88. The van der Waals surface area contributed by atoms with Gasteiger partial charge in [-0.25, -0.2) is 9.59 Å². The van der Waals surface area contributed by atoms with E-state index in [1.807, 2.05) is 59.2 Å². The van der Waals surface area contributed by atoms with Crippen molar-refractivity contribution in [2.75, 3.05) is 13.2 Å². The third-order valence-corrected chi connectivity index (χ3v) is 5.55. The third kappa shape index (κ3) is 5.89. The smallest absolute Gasteiger partial charge is 0.407 e. The fraction of sp³-hybridized carbons (Fsp3) is 0.400. The molecule has 7 nitrogen and oxygen atoms in total. The van der Waals surface area contributed by atoms with E-state index in [1.54, 1.807) is 20.8 Å². The molecule has 3 N–H and O–H groups in total. The molecule has 0 heterocycles. The van der Waals surface area contributed by atoms with Gasteiger partial charge in [-0.15, -0.1) is 0 Å². The molecule has 2 aromatic rings. The third-order valence-electron chi connectivity index (χ3n) is 5.55. The molecule has 2 amide bonds. The second kappa shape index (κ2) is 9.79. The summed E-state index contributed by atoms with van der Waals surface area (Å²) < 4.78 is 33.8. The Labute approximate surface area is 196 Å². The molecule has 1 unspecified atom stereocenters. The number of carboxylic acids is 1. The number of alkyl carbamates (subject to hydrolysis) is 1. The Morgan fingerprint density at radius 3 is 2.03 bits per heavy atom. The number of alkyl halides is 2. The number of benzene rings is 2. The lowest BCUT2D eigenvalue weighted by atomic mass is 9.88. The van der Waals surface area contributed by atoms with Gasteiger partial charge in [0.15, 0.2) is 0 Å². The number of rotatable bonds is 8. The number of carbonyl (C=O) groups is 3. The van der Waals surface area contributed by atoms with Crippen LogP contribution in [0.5, 0.6) is 0 Å². The maximum absolute atomic E-state index is 14.3. The lowest BCUT2D eigenvalue weighted by molar-refractivity contribution is -0.151. The van der Waals surface area contributed by atoms with Gasteiger partial charge in [0.05, 0.1) is 6.54 Å². The van der Waals surface area contributed by atoms with Gasteiger partial charge in [0.1, 0.15) is 12.6 Å². The van der Waals surface area contributed by atoms with E-state index in [9.17, 15) is 28.3 Å². The van der Waals surface area contributed by atoms with E-state index >= 15 is 0 Å². The van der Waals surface area contributed by atoms with E-state index in [0.29, 0.717) is 0 Å². The minimum absolute atomic E-state index is 0.0377. The first-order chi connectivity index (χ1) is 15.9. The number of carboxylic acid groups (broad SMARTS) is 1. The van der Waals surface area contributed by atoms with Gasteiger partial charge in [0, 0.05) is 5.92 Å². The number of hydrogen-bond donors (Lipinski definition) is 3. The Morgan fingerprint density at radius 1 is 1.00 bits per heavy atom. The molecule has 0 aliphatic heterocycles. The molecule has 0 bridgehead atoms. The van der Waals surface area contributed by atoms with E-state index < -0.39 is 41.9 Å². The molecular formula is C25H28F2N2O5. The predicted octanol–water partition coefficient (Wildman–Crippen LogP) is 4.17. The molecule has 3 rings (SSSR count). The lowest BCUT2D eigenvalue weighted by Gasteiger charge is -2.25. The summed E-state index contributed by atoms with van der Waals surface area (Å²) in [6, 6.07) is 13.9. The molecule has 1 atom stereocenters. The zero-order valence-corrected chi connectivity index (χ0v) is 19.2. The Kier molecular flexibility index (Phi) is 7.24.